The van der Waals surface area contributed by atoms with Crippen molar-refractivity contribution in [2.45, 2.75) is 19.5 Å². The maximum Gasteiger partial charge on any atom is 0.276 e. The van der Waals surface area contributed by atoms with E-state index < -0.39 is 4.92 Å². The molecule has 0 N–H and O–H groups in total. The standard InChI is InChI=1S/C22H21N7O3/c1-16-13-26(14-18-7-5-17(12-23)6-8-18)9-10-27(16)22(30)21-15-28(25-24-21)19-3-2-4-20(11-19)29(31)32/h2-8,11,15-16H,9-10,13-14H2,1H3/t16-/m0/s1. The van der Waals surface area contributed by atoms with Gasteiger partial charge < -0.3 is 4.90 Å². The van der Waals surface area contributed by atoms with E-state index in [2.05, 4.69) is 21.3 Å². The lowest BCUT2D eigenvalue weighted by molar-refractivity contribution is -0.384. The van der Waals surface area contributed by atoms with Gasteiger partial charge in [0, 0.05) is 44.4 Å². The number of hydrogen-bond acceptors (Lipinski definition) is 7. The number of aromatic nitrogens is 3. The molecule has 1 saturated heterocycles. The van der Waals surface area contributed by atoms with Crippen molar-refractivity contribution in [1.29, 1.82) is 5.26 Å². The highest BCUT2D eigenvalue weighted by Gasteiger charge is 2.29. The van der Waals surface area contributed by atoms with Crippen LogP contribution >= 0.6 is 0 Å². The Hall–Kier alpha value is -4.10. The third-order valence-electron chi connectivity index (χ3n) is 5.48. The summed E-state index contributed by atoms with van der Waals surface area (Å²) >= 11 is 0. The highest BCUT2D eigenvalue weighted by Crippen LogP contribution is 2.18. The summed E-state index contributed by atoms with van der Waals surface area (Å²) in [5.74, 6) is -0.216. The maximum absolute atomic E-state index is 13.0. The Labute approximate surface area is 184 Å². The molecule has 1 aromatic heterocycles. The van der Waals surface area contributed by atoms with Crippen molar-refractivity contribution in [2.75, 3.05) is 19.6 Å². The first-order chi connectivity index (χ1) is 15.4. The average Bonchev–Trinajstić information content (AvgIpc) is 3.30. The van der Waals surface area contributed by atoms with Gasteiger partial charge in [-0.3, -0.25) is 19.8 Å². The van der Waals surface area contributed by atoms with Gasteiger partial charge >= 0.3 is 0 Å². The summed E-state index contributed by atoms with van der Waals surface area (Å²) in [5, 5.41) is 27.9. The zero-order chi connectivity index (χ0) is 22.7. The van der Waals surface area contributed by atoms with Crippen LogP contribution in [0, 0.1) is 21.4 Å². The van der Waals surface area contributed by atoms with E-state index in [1.165, 1.54) is 23.0 Å². The van der Waals surface area contributed by atoms with Crippen molar-refractivity contribution < 1.29 is 9.72 Å². The van der Waals surface area contributed by atoms with Crippen molar-refractivity contribution in [3.8, 4) is 11.8 Å². The molecule has 0 bridgehead atoms. The Balaban J connectivity index is 1.41. The molecule has 0 unspecified atom stereocenters. The van der Waals surface area contributed by atoms with Crippen molar-refractivity contribution in [1.82, 2.24) is 24.8 Å². The van der Waals surface area contributed by atoms with Gasteiger partial charge in [-0.05, 0) is 30.7 Å². The van der Waals surface area contributed by atoms with Crippen molar-refractivity contribution >= 4 is 11.6 Å². The third kappa shape index (κ3) is 4.48. The molecule has 3 aromatic rings. The zero-order valence-corrected chi connectivity index (χ0v) is 17.5. The number of nitriles is 1. The molecule has 1 atom stereocenters. The fourth-order valence-corrected chi connectivity index (χ4v) is 3.81. The molecule has 1 amide bonds. The van der Waals surface area contributed by atoms with Gasteiger partial charge in [-0.25, -0.2) is 4.68 Å². The molecule has 0 aliphatic carbocycles. The molecular formula is C22H21N7O3. The van der Waals surface area contributed by atoms with E-state index in [-0.39, 0.29) is 23.3 Å². The van der Waals surface area contributed by atoms with Gasteiger partial charge in [0.1, 0.15) is 0 Å². The van der Waals surface area contributed by atoms with Crippen molar-refractivity contribution in [3.63, 3.8) is 0 Å². The van der Waals surface area contributed by atoms with Gasteiger partial charge in [0.05, 0.1) is 28.4 Å². The smallest absolute Gasteiger partial charge is 0.276 e. The molecule has 162 valence electrons. The van der Waals surface area contributed by atoms with Crippen LogP contribution in [0.2, 0.25) is 0 Å². The first kappa shape index (κ1) is 21.1. The summed E-state index contributed by atoms with van der Waals surface area (Å²) in [6.07, 6.45) is 1.50. The first-order valence-electron chi connectivity index (χ1n) is 10.1. The second-order valence-electron chi connectivity index (χ2n) is 7.72. The molecule has 10 heteroatoms. The normalized spacial score (nSPS) is 16.5. The summed E-state index contributed by atoms with van der Waals surface area (Å²) < 4.78 is 1.37. The summed E-state index contributed by atoms with van der Waals surface area (Å²) in [6, 6.07) is 15.6. The zero-order valence-electron chi connectivity index (χ0n) is 17.5. The largest absolute Gasteiger partial charge is 0.332 e. The van der Waals surface area contributed by atoms with Crippen LogP contribution < -0.4 is 0 Å². The molecule has 0 spiro atoms. The van der Waals surface area contributed by atoms with Gasteiger partial charge in [0.15, 0.2) is 5.69 Å². The molecule has 10 nitrogen and oxygen atoms in total. The second-order valence-corrected chi connectivity index (χ2v) is 7.72. The predicted octanol–water partition coefficient (Wildman–Crippen LogP) is 2.39. The summed E-state index contributed by atoms with van der Waals surface area (Å²) in [6.45, 7) is 4.73. The van der Waals surface area contributed by atoms with Gasteiger partial charge in [0.25, 0.3) is 11.6 Å². The molecule has 2 heterocycles. The summed E-state index contributed by atoms with van der Waals surface area (Å²) in [4.78, 5) is 27.6. The third-order valence-corrected chi connectivity index (χ3v) is 5.48. The molecule has 2 aromatic carbocycles. The van der Waals surface area contributed by atoms with Crippen LogP contribution in [0.25, 0.3) is 5.69 Å². The van der Waals surface area contributed by atoms with Crippen LogP contribution in [0.3, 0.4) is 0 Å². The SMILES string of the molecule is C[C@H]1CN(Cc2ccc(C#N)cc2)CCN1C(=O)c1cn(-c2cccc([N+](=O)[O-])c2)nn1. The van der Waals surface area contributed by atoms with E-state index in [9.17, 15) is 14.9 Å². The minimum absolute atomic E-state index is 0.0161. The Morgan fingerprint density at radius 1 is 1.25 bits per heavy atom. The lowest BCUT2D eigenvalue weighted by Crippen LogP contribution is -2.53. The number of benzene rings is 2. The maximum atomic E-state index is 13.0. The van der Waals surface area contributed by atoms with Gasteiger partial charge in [-0.1, -0.05) is 23.4 Å². The Bertz CT molecular complexity index is 1180. The van der Waals surface area contributed by atoms with E-state index in [1.54, 1.807) is 17.0 Å². The second kappa shape index (κ2) is 8.95. The number of nitro groups is 1. The molecule has 1 aliphatic rings. The van der Waals surface area contributed by atoms with Gasteiger partial charge in [0.2, 0.25) is 0 Å². The van der Waals surface area contributed by atoms with Crippen LogP contribution in [0.5, 0.6) is 0 Å². The monoisotopic (exact) mass is 431 g/mol. The summed E-state index contributed by atoms with van der Waals surface area (Å²) in [5.41, 5.74) is 2.36. The molecule has 4 rings (SSSR count). The highest BCUT2D eigenvalue weighted by molar-refractivity contribution is 5.92. The number of carbonyl (C=O) groups is 1. The fourth-order valence-electron chi connectivity index (χ4n) is 3.81. The van der Waals surface area contributed by atoms with E-state index in [4.69, 9.17) is 5.26 Å². The van der Waals surface area contributed by atoms with Crippen LogP contribution in [0.1, 0.15) is 28.5 Å². The molecule has 1 fully saturated rings. The number of rotatable bonds is 5. The molecule has 32 heavy (non-hydrogen) atoms. The van der Waals surface area contributed by atoms with Gasteiger partial charge in [-0.15, -0.1) is 5.10 Å². The number of amides is 1. The fraction of sp³-hybridized carbons (Fsp3) is 0.273. The number of non-ortho nitro benzene ring substituents is 1. The highest BCUT2D eigenvalue weighted by atomic mass is 16.6. The van der Waals surface area contributed by atoms with E-state index in [1.807, 2.05) is 31.2 Å². The average molecular weight is 431 g/mol. The van der Waals surface area contributed by atoms with E-state index >= 15 is 0 Å². The van der Waals surface area contributed by atoms with E-state index in [0.29, 0.717) is 24.3 Å². The number of carbonyl (C=O) groups excluding carboxylic acids is 1. The van der Waals surface area contributed by atoms with Crippen LogP contribution in [0.15, 0.2) is 54.7 Å². The Morgan fingerprint density at radius 3 is 2.72 bits per heavy atom. The lowest BCUT2D eigenvalue weighted by Gasteiger charge is -2.39. The minimum atomic E-state index is -0.481. The minimum Gasteiger partial charge on any atom is -0.332 e. The first-order valence-corrected chi connectivity index (χ1v) is 10.1. The number of nitro benzene ring substituents is 1. The molecule has 0 radical (unpaired) electrons. The van der Waals surface area contributed by atoms with Crippen LogP contribution in [-0.4, -0.2) is 61.3 Å². The predicted molar refractivity (Wildman–Crippen MR) is 115 cm³/mol. The molecular weight excluding hydrogens is 410 g/mol. The van der Waals surface area contributed by atoms with Crippen molar-refractivity contribution in [3.05, 3.63) is 81.7 Å². The Morgan fingerprint density at radius 2 is 2.03 bits per heavy atom. The van der Waals surface area contributed by atoms with E-state index in [0.717, 1.165) is 18.7 Å². The molecule has 0 saturated carbocycles. The topological polar surface area (TPSA) is 121 Å². The van der Waals surface area contributed by atoms with Crippen LogP contribution in [0.4, 0.5) is 5.69 Å². The summed E-state index contributed by atoms with van der Waals surface area (Å²) in [7, 11) is 0. The van der Waals surface area contributed by atoms with Gasteiger partial charge in [-0.2, -0.15) is 5.26 Å². The molecule has 1 aliphatic heterocycles. The number of hydrogen-bond donors (Lipinski definition) is 0. The quantitative estimate of drug-likeness (QED) is 0.449. The number of nitrogens with zero attached hydrogens (tertiary/aromatic N) is 7. The Kier molecular flexibility index (Phi) is 5.91. The van der Waals surface area contributed by atoms with Crippen LogP contribution in [-0.2, 0) is 6.54 Å². The number of piperazine rings is 1. The van der Waals surface area contributed by atoms with Crippen molar-refractivity contribution in [2.24, 2.45) is 0 Å². The lowest BCUT2D eigenvalue weighted by atomic mass is 10.1.